The van der Waals surface area contributed by atoms with E-state index in [2.05, 4.69) is 17.1 Å². The van der Waals surface area contributed by atoms with Gasteiger partial charge in [-0.25, -0.2) is 4.98 Å². The summed E-state index contributed by atoms with van der Waals surface area (Å²) in [6.07, 6.45) is 0. The van der Waals surface area contributed by atoms with Gasteiger partial charge in [-0.15, -0.1) is 11.3 Å². The molecule has 0 fully saturated rings. The molecule has 0 aliphatic carbocycles. The van der Waals surface area contributed by atoms with Gasteiger partial charge < -0.3 is 5.73 Å². The minimum atomic E-state index is 0.0694. The number of benzene rings is 1. The maximum absolute atomic E-state index is 5.88. The highest BCUT2D eigenvalue weighted by Crippen LogP contribution is 2.30. The molecule has 0 amide bonds. The summed E-state index contributed by atoms with van der Waals surface area (Å²) in [6.45, 7) is 4.01. The Hall–Kier alpha value is -1.19. The van der Waals surface area contributed by atoms with Gasteiger partial charge in [-0.1, -0.05) is 30.3 Å². The van der Waals surface area contributed by atoms with Crippen LogP contribution in [-0.2, 0) is 0 Å². The van der Waals surface area contributed by atoms with E-state index in [0.717, 1.165) is 16.3 Å². The highest BCUT2D eigenvalue weighted by molar-refractivity contribution is 7.15. The van der Waals surface area contributed by atoms with Gasteiger partial charge in [-0.05, 0) is 13.8 Å². The number of nitrogens with zero attached hydrogens (tertiary/aromatic N) is 1. The van der Waals surface area contributed by atoms with Crippen LogP contribution in [0.5, 0.6) is 0 Å². The molecule has 78 valence electrons. The molecule has 3 heteroatoms. The molecule has 0 unspecified atom stereocenters. The lowest BCUT2D eigenvalue weighted by atomic mass is 10.2. The van der Waals surface area contributed by atoms with Crippen molar-refractivity contribution in [1.82, 2.24) is 4.98 Å². The van der Waals surface area contributed by atoms with Crippen LogP contribution in [0.1, 0.15) is 23.5 Å². The largest absolute Gasteiger partial charge is 0.323 e. The molecular weight excluding hydrogens is 204 g/mol. The maximum Gasteiger partial charge on any atom is 0.123 e. The summed E-state index contributed by atoms with van der Waals surface area (Å²) in [5.41, 5.74) is 8.09. The van der Waals surface area contributed by atoms with E-state index in [9.17, 15) is 0 Å². The second-order valence-electron chi connectivity index (χ2n) is 3.62. The molecule has 0 aliphatic rings. The molecule has 1 aromatic heterocycles. The topological polar surface area (TPSA) is 38.9 Å². The minimum absolute atomic E-state index is 0.0694. The predicted octanol–water partition coefficient (Wildman–Crippen LogP) is 3.14. The van der Waals surface area contributed by atoms with Gasteiger partial charge in [-0.2, -0.15) is 0 Å². The number of hydrogen-bond acceptors (Lipinski definition) is 3. The zero-order valence-corrected chi connectivity index (χ0v) is 9.71. The van der Waals surface area contributed by atoms with Crippen molar-refractivity contribution < 1.29 is 0 Å². The highest BCUT2D eigenvalue weighted by Gasteiger charge is 2.11. The highest BCUT2D eigenvalue weighted by atomic mass is 32.1. The first-order chi connectivity index (χ1) is 7.18. The SMILES string of the molecule is Cc1nc(-c2ccccc2)sc1[C@@H](C)N. The number of hydrogen-bond donors (Lipinski definition) is 1. The fourth-order valence-electron chi connectivity index (χ4n) is 1.53. The van der Waals surface area contributed by atoms with E-state index in [1.807, 2.05) is 32.0 Å². The lowest BCUT2D eigenvalue weighted by molar-refractivity contribution is 0.825. The van der Waals surface area contributed by atoms with Gasteiger partial charge in [0.05, 0.1) is 5.69 Å². The lowest BCUT2D eigenvalue weighted by Crippen LogP contribution is -2.03. The van der Waals surface area contributed by atoms with Crippen molar-refractivity contribution in [3.05, 3.63) is 40.9 Å². The first-order valence-corrected chi connectivity index (χ1v) is 5.78. The molecule has 15 heavy (non-hydrogen) atoms. The van der Waals surface area contributed by atoms with E-state index in [1.54, 1.807) is 11.3 Å². The van der Waals surface area contributed by atoms with Crippen LogP contribution in [0.4, 0.5) is 0 Å². The van der Waals surface area contributed by atoms with E-state index in [1.165, 1.54) is 4.88 Å². The van der Waals surface area contributed by atoms with Crippen LogP contribution >= 0.6 is 11.3 Å². The Morgan fingerprint density at radius 2 is 1.93 bits per heavy atom. The fraction of sp³-hybridized carbons (Fsp3) is 0.250. The van der Waals surface area contributed by atoms with Gasteiger partial charge in [0.25, 0.3) is 0 Å². The monoisotopic (exact) mass is 218 g/mol. The molecule has 0 aliphatic heterocycles. The van der Waals surface area contributed by atoms with Gasteiger partial charge >= 0.3 is 0 Å². The summed E-state index contributed by atoms with van der Waals surface area (Å²) in [4.78, 5) is 5.72. The van der Waals surface area contributed by atoms with Gasteiger partial charge in [0.15, 0.2) is 0 Å². The summed E-state index contributed by atoms with van der Waals surface area (Å²) in [5, 5.41) is 1.06. The second kappa shape index (κ2) is 4.13. The fourth-order valence-corrected chi connectivity index (χ4v) is 2.56. The zero-order chi connectivity index (χ0) is 10.8. The maximum atomic E-state index is 5.88. The van der Waals surface area contributed by atoms with Crippen LogP contribution in [0.15, 0.2) is 30.3 Å². The third kappa shape index (κ3) is 2.08. The number of nitrogens with two attached hydrogens (primary N) is 1. The average Bonchev–Trinajstić information content (AvgIpc) is 2.62. The van der Waals surface area contributed by atoms with Crippen molar-refractivity contribution >= 4 is 11.3 Å². The third-order valence-electron chi connectivity index (χ3n) is 2.27. The summed E-state index contributed by atoms with van der Waals surface area (Å²) in [5.74, 6) is 0. The number of aryl methyl sites for hydroxylation is 1. The Labute approximate surface area is 93.8 Å². The van der Waals surface area contributed by atoms with Crippen LogP contribution in [0.3, 0.4) is 0 Å². The zero-order valence-electron chi connectivity index (χ0n) is 8.90. The van der Waals surface area contributed by atoms with Crippen molar-refractivity contribution in [1.29, 1.82) is 0 Å². The smallest absolute Gasteiger partial charge is 0.123 e. The van der Waals surface area contributed by atoms with Gasteiger partial charge in [0.2, 0.25) is 0 Å². The van der Waals surface area contributed by atoms with E-state index in [0.29, 0.717) is 0 Å². The molecule has 1 atom stereocenters. The summed E-state index contributed by atoms with van der Waals surface area (Å²) in [7, 11) is 0. The quantitative estimate of drug-likeness (QED) is 0.841. The lowest BCUT2D eigenvalue weighted by Gasteiger charge is -1.99. The van der Waals surface area contributed by atoms with Crippen molar-refractivity contribution in [2.45, 2.75) is 19.9 Å². The number of aromatic nitrogens is 1. The standard InChI is InChI=1S/C12H14N2S/c1-8(13)11-9(2)14-12(15-11)10-6-4-3-5-7-10/h3-8H,13H2,1-2H3/t8-/m1/s1. The molecule has 2 aromatic rings. The van der Waals surface area contributed by atoms with Gasteiger partial charge in [-0.3, -0.25) is 0 Å². The van der Waals surface area contributed by atoms with Crippen LogP contribution in [0.25, 0.3) is 10.6 Å². The average molecular weight is 218 g/mol. The van der Waals surface area contributed by atoms with Crippen LogP contribution in [0, 0.1) is 6.92 Å². The molecule has 2 nitrogen and oxygen atoms in total. The normalized spacial score (nSPS) is 12.7. The van der Waals surface area contributed by atoms with Gasteiger partial charge in [0.1, 0.15) is 5.01 Å². The van der Waals surface area contributed by atoms with Crippen molar-refractivity contribution in [3.63, 3.8) is 0 Å². The molecule has 1 heterocycles. The molecule has 0 bridgehead atoms. The second-order valence-corrected chi connectivity index (χ2v) is 4.65. The van der Waals surface area contributed by atoms with Gasteiger partial charge in [0, 0.05) is 16.5 Å². The van der Waals surface area contributed by atoms with Crippen LogP contribution < -0.4 is 5.73 Å². The van der Waals surface area contributed by atoms with E-state index >= 15 is 0 Å². The molecule has 0 saturated carbocycles. The van der Waals surface area contributed by atoms with E-state index in [4.69, 9.17) is 5.73 Å². The van der Waals surface area contributed by atoms with Crippen LogP contribution in [-0.4, -0.2) is 4.98 Å². The Balaban J connectivity index is 2.43. The molecule has 0 radical (unpaired) electrons. The summed E-state index contributed by atoms with van der Waals surface area (Å²) >= 11 is 1.68. The molecule has 2 rings (SSSR count). The Morgan fingerprint density at radius 3 is 2.47 bits per heavy atom. The summed E-state index contributed by atoms with van der Waals surface area (Å²) < 4.78 is 0. The molecular formula is C12H14N2S. The van der Waals surface area contributed by atoms with Crippen LogP contribution in [0.2, 0.25) is 0 Å². The van der Waals surface area contributed by atoms with Crippen molar-refractivity contribution in [2.24, 2.45) is 5.73 Å². The Kier molecular flexibility index (Phi) is 2.84. The van der Waals surface area contributed by atoms with Crippen molar-refractivity contribution in [3.8, 4) is 10.6 Å². The molecule has 2 N–H and O–H groups in total. The Morgan fingerprint density at radius 1 is 1.27 bits per heavy atom. The first kappa shape index (κ1) is 10.3. The van der Waals surface area contributed by atoms with E-state index in [-0.39, 0.29) is 6.04 Å². The molecule has 1 aromatic carbocycles. The third-order valence-corrected chi connectivity index (χ3v) is 3.67. The van der Waals surface area contributed by atoms with E-state index < -0.39 is 0 Å². The molecule has 0 spiro atoms. The molecule has 0 saturated heterocycles. The van der Waals surface area contributed by atoms with Crippen molar-refractivity contribution in [2.75, 3.05) is 0 Å². The minimum Gasteiger partial charge on any atom is -0.323 e. The first-order valence-electron chi connectivity index (χ1n) is 4.97. The Bertz CT molecular complexity index is 446. The predicted molar refractivity (Wildman–Crippen MR) is 64.9 cm³/mol. The number of thiazole rings is 1. The number of rotatable bonds is 2. The summed E-state index contributed by atoms with van der Waals surface area (Å²) in [6, 6.07) is 10.3.